The Hall–Kier alpha value is -2.85. The number of nitrogens with zero attached hydrogens (tertiary/aromatic N) is 1. The fourth-order valence-electron chi connectivity index (χ4n) is 3.34. The quantitative estimate of drug-likeness (QED) is 0.662. The average molecular weight is 362 g/mol. The summed E-state index contributed by atoms with van der Waals surface area (Å²) < 4.78 is 5.29. The van der Waals surface area contributed by atoms with Gasteiger partial charge in [-0.2, -0.15) is 0 Å². The largest absolute Gasteiger partial charge is 0.497 e. The zero-order chi connectivity index (χ0) is 19.2. The van der Waals surface area contributed by atoms with Crippen LogP contribution in [0.5, 0.6) is 5.75 Å². The van der Waals surface area contributed by atoms with Gasteiger partial charge in [0.2, 0.25) is 5.91 Å². The lowest BCUT2D eigenvalue weighted by Crippen LogP contribution is -2.41. The summed E-state index contributed by atoms with van der Waals surface area (Å²) in [6.07, 6.45) is 0.750. The topological polar surface area (TPSA) is 41.6 Å². The summed E-state index contributed by atoms with van der Waals surface area (Å²) in [6.45, 7) is 2.75. The number of nitrogens with one attached hydrogen (secondary N) is 1. The molecule has 3 rings (SSSR count). The van der Waals surface area contributed by atoms with Crippen LogP contribution in [0.3, 0.4) is 0 Å². The number of anilines is 1. The van der Waals surface area contributed by atoms with Gasteiger partial charge in [-0.05, 0) is 60.1 Å². The summed E-state index contributed by atoms with van der Waals surface area (Å²) >= 11 is 0. The van der Waals surface area contributed by atoms with Crippen molar-refractivity contribution in [3.8, 4) is 5.75 Å². The first-order chi connectivity index (χ1) is 13.1. The zero-order valence-corrected chi connectivity index (χ0v) is 16.1. The monoisotopic (exact) mass is 362 g/mol. The van der Waals surface area contributed by atoms with Crippen molar-refractivity contribution in [3.05, 3.63) is 72.3 Å². The molecule has 0 radical (unpaired) electrons. The number of methoxy groups -OCH3 is 1. The summed E-state index contributed by atoms with van der Waals surface area (Å²) in [4.78, 5) is 14.8. The molecule has 0 aromatic heterocycles. The summed E-state index contributed by atoms with van der Waals surface area (Å²) in [5.41, 5.74) is 2.01. The molecule has 1 N–H and O–H groups in total. The van der Waals surface area contributed by atoms with Crippen molar-refractivity contribution in [1.29, 1.82) is 0 Å². The van der Waals surface area contributed by atoms with Crippen LogP contribution in [0, 0.1) is 0 Å². The smallest absolute Gasteiger partial charge is 0.241 e. The number of para-hydroxylation sites is 1. The van der Waals surface area contributed by atoms with E-state index in [2.05, 4.69) is 34.5 Å². The molecule has 4 nitrogen and oxygen atoms in total. The predicted octanol–water partition coefficient (Wildman–Crippen LogP) is 4.70. The molecule has 0 heterocycles. The third-order valence-corrected chi connectivity index (χ3v) is 4.81. The van der Waals surface area contributed by atoms with Crippen molar-refractivity contribution in [3.63, 3.8) is 0 Å². The summed E-state index contributed by atoms with van der Waals surface area (Å²) in [5.74, 6) is 0.882. The van der Waals surface area contributed by atoms with Crippen LogP contribution in [-0.2, 0) is 11.3 Å². The van der Waals surface area contributed by atoms with E-state index in [-0.39, 0.29) is 11.9 Å². The van der Waals surface area contributed by atoms with Gasteiger partial charge in [0.25, 0.3) is 0 Å². The summed E-state index contributed by atoms with van der Waals surface area (Å²) in [7, 11) is 3.67. The second-order valence-corrected chi connectivity index (χ2v) is 6.74. The van der Waals surface area contributed by atoms with Gasteiger partial charge in [-0.1, -0.05) is 43.3 Å². The average Bonchev–Trinajstić information content (AvgIpc) is 2.68. The van der Waals surface area contributed by atoms with E-state index in [4.69, 9.17) is 4.74 Å². The highest BCUT2D eigenvalue weighted by Crippen LogP contribution is 2.23. The van der Waals surface area contributed by atoms with Crippen LogP contribution >= 0.6 is 0 Å². The maximum absolute atomic E-state index is 12.7. The van der Waals surface area contributed by atoms with Gasteiger partial charge in [-0.25, -0.2) is 0 Å². The van der Waals surface area contributed by atoms with Gasteiger partial charge >= 0.3 is 0 Å². The number of fused-ring (bicyclic) bond motifs is 1. The predicted molar refractivity (Wildman–Crippen MR) is 111 cm³/mol. The fraction of sp³-hybridized carbons (Fsp3) is 0.261. The first-order valence-electron chi connectivity index (χ1n) is 9.23. The standard InChI is InChI=1S/C23H26N2O2/c1-4-22(23(26)24-20-8-6-5-7-9-20)25(2)16-17-10-11-19-15-21(27-3)13-12-18(19)14-17/h5-15,22H,4,16H2,1-3H3,(H,24,26). The number of amides is 1. The van der Waals surface area contributed by atoms with Crippen LogP contribution in [-0.4, -0.2) is 31.0 Å². The molecule has 0 saturated carbocycles. The molecule has 0 aliphatic rings. The highest BCUT2D eigenvalue weighted by molar-refractivity contribution is 5.94. The fourth-order valence-corrected chi connectivity index (χ4v) is 3.34. The molecule has 0 aliphatic heterocycles. The maximum atomic E-state index is 12.7. The van der Waals surface area contributed by atoms with Crippen LogP contribution in [0.1, 0.15) is 18.9 Å². The Bertz CT molecular complexity index is 909. The van der Waals surface area contributed by atoms with Crippen molar-refractivity contribution in [2.45, 2.75) is 25.9 Å². The Balaban J connectivity index is 1.71. The first-order valence-corrected chi connectivity index (χ1v) is 9.23. The zero-order valence-electron chi connectivity index (χ0n) is 16.1. The second-order valence-electron chi connectivity index (χ2n) is 6.74. The molecule has 3 aromatic carbocycles. The van der Waals surface area contributed by atoms with Crippen molar-refractivity contribution in [2.24, 2.45) is 0 Å². The normalized spacial score (nSPS) is 12.1. The minimum Gasteiger partial charge on any atom is -0.497 e. The molecular formula is C23H26N2O2. The Labute approximate surface area is 160 Å². The molecule has 1 atom stereocenters. The van der Waals surface area contributed by atoms with Crippen LogP contribution in [0.15, 0.2) is 66.7 Å². The molecule has 3 aromatic rings. The minimum atomic E-state index is -0.184. The lowest BCUT2D eigenvalue weighted by Gasteiger charge is -2.26. The van der Waals surface area contributed by atoms with Crippen molar-refractivity contribution < 1.29 is 9.53 Å². The molecule has 0 spiro atoms. The highest BCUT2D eigenvalue weighted by Gasteiger charge is 2.21. The number of hydrogen-bond donors (Lipinski definition) is 1. The molecule has 1 unspecified atom stereocenters. The number of carbonyl (C=O) groups is 1. The van der Waals surface area contributed by atoms with Crippen LogP contribution in [0.2, 0.25) is 0 Å². The van der Waals surface area contributed by atoms with E-state index >= 15 is 0 Å². The number of hydrogen-bond acceptors (Lipinski definition) is 3. The molecule has 0 aliphatic carbocycles. The molecule has 1 amide bonds. The van der Waals surface area contributed by atoms with Crippen molar-refractivity contribution >= 4 is 22.4 Å². The Morgan fingerprint density at radius 2 is 1.74 bits per heavy atom. The highest BCUT2D eigenvalue weighted by atomic mass is 16.5. The molecule has 0 bridgehead atoms. The van der Waals surface area contributed by atoms with Crippen LogP contribution in [0.25, 0.3) is 10.8 Å². The third kappa shape index (κ3) is 4.66. The van der Waals surface area contributed by atoms with Gasteiger partial charge in [-0.3, -0.25) is 9.69 Å². The van der Waals surface area contributed by atoms with E-state index in [0.29, 0.717) is 6.54 Å². The maximum Gasteiger partial charge on any atom is 0.241 e. The van der Waals surface area contributed by atoms with E-state index in [1.165, 1.54) is 10.9 Å². The molecule has 0 fully saturated rings. The third-order valence-electron chi connectivity index (χ3n) is 4.81. The van der Waals surface area contributed by atoms with Crippen LogP contribution < -0.4 is 10.1 Å². The van der Waals surface area contributed by atoms with Gasteiger partial charge in [-0.15, -0.1) is 0 Å². The lowest BCUT2D eigenvalue weighted by molar-refractivity contribution is -0.121. The van der Waals surface area contributed by atoms with E-state index in [1.807, 2.05) is 56.4 Å². The lowest BCUT2D eigenvalue weighted by atomic mass is 10.1. The van der Waals surface area contributed by atoms with Gasteiger partial charge < -0.3 is 10.1 Å². The Kier molecular flexibility index (Phi) is 6.09. The van der Waals surface area contributed by atoms with E-state index < -0.39 is 0 Å². The van der Waals surface area contributed by atoms with Crippen LogP contribution in [0.4, 0.5) is 5.69 Å². The Morgan fingerprint density at radius 1 is 1.04 bits per heavy atom. The number of carbonyl (C=O) groups excluding carboxylic acids is 1. The van der Waals surface area contributed by atoms with E-state index in [1.54, 1.807) is 7.11 Å². The van der Waals surface area contributed by atoms with Gasteiger partial charge in [0.05, 0.1) is 13.2 Å². The SMILES string of the molecule is CCC(C(=O)Nc1ccccc1)N(C)Cc1ccc2cc(OC)ccc2c1. The molecule has 4 heteroatoms. The number of rotatable bonds is 7. The van der Waals surface area contributed by atoms with E-state index in [9.17, 15) is 4.79 Å². The first kappa shape index (κ1) is 18.9. The molecular weight excluding hydrogens is 336 g/mol. The number of benzene rings is 3. The summed E-state index contributed by atoms with van der Waals surface area (Å²) in [5, 5.41) is 5.33. The van der Waals surface area contributed by atoms with Crippen molar-refractivity contribution in [1.82, 2.24) is 4.90 Å². The molecule has 140 valence electrons. The summed E-state index contributed by atoms with van der Waals surface area (Å²) in [6, 6.07) is 21.9. The number of likely N-dealkylation sites (N-methyl/N-ethyl adjacent to an activating group) is 1. The van der Waals surface area contributed by atoms with Gasteiger partial charge in [0.1, 0.15) is 5.75 Å². The van der Waals surface area contributed by atoms with E-state index in [0.717, 1.165) is 23.2 Å². The minimum absolute atomic E-state index is 0.0247. The van der Waals surface area contributed by atoms with Gasteiger partial charge in [0.15, 0.2) is 0 Å². The number of ether oxygens (including phenoxy) is 1. The Morgan fingerprint density at radius 3 is 2.44 bits per heavy atom. The molecule has 27 heavy (non-hydrogen) atoms. The second kappa shape index (κ2) is 8.69. The molecule has 0 saturated heterocycles. The van der Waals surface area contributed by atoms with Gasteiger partial charge in [0, 0.05) is 12.2 Å². The van der Waals surface area contributed by atoms with Crippen molar-refractivity contribution in [2.75, 3.05) is 19.5 Å².